The van der Waals surface area contributed by atoms with Gasteiger partial charge < -0.3 is 15.2 Å². The van der Waals surface area contributed by atoms with Crippen LogP contribution in [0.1, 0.15) is 56.0 Å². The molecule has 0 bridgehead atoms. The molecule has 0 fully saturated rings. The van der Waals surface area contributed by atoms with Gasteiger partial charge in [0.15, 0.2) is 11.7 Å². The summed E-state index contributed by atoms with van der Waals surface area (Å²) in [6, 6.07) is 2.04. The smallest absolute Gasteiger partial charge is 0.191 e. The number of rotatable bonds is 9. The van der Waals surface area contributed by atoms with Gasteiger partial charge in [0.25, 0.3) is 0 Å². The average Bonchev–Trinajstić information content (AvgIpc) is 3.25. The van der Waals surface area contributed by atoms with Crippen molar-refractivity contribution in [2.45, 2.75) is 59.0 Å². The van der Waals surface area contributed by atoms with Crippen molar-refractivity contribution in [3.63, 3.8) is 0 Å². The molecule has 0 saturated heterocycles. The molecule has 0 aliphatic rings. The zero-order valence-electron chi connectivity index (χ0n) is 15.7. The van der Waals surface area contributed by atoms with Crippen LogP contribution in [0.5, 0.6) is 0 Å². The van der Waals surface area contributed by atoms with Crippen LogP contribution < -0.4 is 10.6 Å². The molecule has 2 N–H and O–H groups in total. The Hall–Kier alpha value is -2.31. The molecule has 2 rings (SSSR count). The summed E-state index contributed by atoms with van der Waals surface area (Å²) in [7, 11) is 1.77. The van der Waals surface area contributed by atoms with Gasteiger partial charge in [0, 0.05) is 38.3 Å². The first-order valence-corrected chi connectivity index (χ1v) is 9.05. The zero-order chi connectivity index (χ0) is 18.1. The second-order valence-electron chi connectivity index (χ2n) is 6.22. The van der Waals surface area contributed by atoms with Crippen LogP contribution in [0.25, 0.3) is 0 Å². The lowest BCUT2D eigenvalue weighted by atomic mass is 9.99. The monoisotopic (exact) mass is 346 g/mol. The van der Waals surface area contributed by atoms with Crippen molar-refractivity contribution in [1.29, 1.82) is 0 Å². The molecule has 0 aliphatic heterocycles. The molecule has 25 heavy (non-hydrogen) atoms. The summed E-state index contributed by atoms with van der Waals surface area (Å²) < 4.78 is 7.38. The summed E-state index contributed by atoms with van der Waals surface area (Å²) in [6.07, 6.45) is 7.06. The standard InChI is InChI=1S/C18H30N6O/c1-5-15(6-2)17-10-16(25-23-17)12-21-18(19-4)20-8-7-9-24-13-14(3)11-22-24/h10-11,13,15H,5-9,12H2,1-4H3,(H2,19,20,21). The van der Waals surface area contributed by atoms with Crippen LogP contribution >= 0.6 is 0 Å². The number of nitrogens with zero attached hydrogens (tertiary/aromatic N) is 4. The molecule has 2 aromatic rings. The Kier molecular flexibility index (Phi) is 7.50. The first-order chi connectivity index (χ1) is 12.2. The van der Waals surface area contributed by atoms with Gasteiger partial charge in [0.1, 0.15) is 0 Å². The van der Waals surface area contributed by atoms with Crippen molar-refractivity contribution >= 4 is 5.96 Å². The predicted octanol–water partition coefficient (Wildman–Crippen LogP) is 2.84. The molecule has 7 heteroatoms. The Labute approximate surface area is 149 Å². The number of nitrogens with one attached hydrogen (secondary N) is 2. The zero-order valence-corrected chi connectivity index (χ0v) is 15.7. The average molecular weight is 346 g/mol. The molecular formula is C18H30N6O. The molecule has 0 aliphatic carbocycles. The minimum absolute atomic E-state index is 0.473. The molecule has 0 atom stereocenters. The number of hydrogen-bond donors (Lipinski definition) is 2. The van der Waals surface area contributed by atoms with Gasteiger partial charge in [-0.05, 0) is 31.7 Å². The van der Waals surface area contributed by atoms with Crippen LogP contribution in [-0.2, 0) is 13.1 Å². The Balaban J connectivity index is 1.71. The molecular weight excluding hydrogens is 316 g/mol. The van der Waals surface area contributed by atoms with Crippen molar-refractivity contribution in [2.75, 3.05) is 13.6 Å². The maximum atomic E-state index is 5.42. The van der Waals surface area contributed by atoms with E-state index in [0.717, 1.165) is 49.8 Å². The molecule has 7 nitrogen and oxygen atoms in total. The third kappa shape index (κ3) is 5.92. The SMILES string of the molecule is CCC(CC)c1cc(CNC(=NC)NCCCn2cc(C)cn2)on1. The van der Waals surface area contributed by atoms with Gasteiger partial charge in [-0.25, -0.2) is 0 Å². The summed E-state index contributed by atoms with van der Waals surface area (Å²) in [5.74, 6) is 2.06. The minimum atomic E-state index is 0.473. The van der Waals surface area contributed by atoms with E-state index in [-0.39, 0.29) is 0 Å². The van der Waals surface area contributed by atoms with E-state index in [4.69, 9.17) is 4.52 Å². The molecule has 0 spiro atoms. The van der Waals surface area contributed by atoms with E-state index in [1.165, 1.54) is 5.56 Å². The third-order valence-corrected chi connectivity index (χ3v) is 4.25. The van der Waals surface area contributed by atoms with Gasteiger partial charge in [-0.2, -0.15) is 5.10 Å². The highest BCUT2D eigenvalue weighted by Crippen LogP contribution is 2.22. The van der Waals surface area contributed by atoms with Gasteiger partial charge in [-0.1, -0.05) is 19.0 Å². The third-order valence-electron chi connectivity index (χ3n) is 4.25. The van der Waals surface area contributed by atoms with Crippen molar-refractivity contribution in [3.05, 3.63) is 35.5 Å². The molecule has 0 radical (unpaired) electrons. The minimum Gasteiger partial charge on any atom is -0.359 e. The van der Waals surface area contributed by atoms with Gasteiger partial charge in [-0.3, -0.25) is 9.67 Å². The van der Waals surface area contributed by atoms with E-state index < -0.39 is 0 Å². The summed E-state index contributed by atoms with van der Waals surface area (Å²) in [4.78, 5) is 4.24. The molecule has 2 heterocycles. The van der Waals surface area contributed by atoms with Gasteiger partial charge >= 0.3 is 0 Å². The fraction of sp³-hybridized carbons (Fsp3) is 0.611. The Bertz CT molecular complexity index is 656. The largest absolute Gasteiger partial charge is 0.359 e. The fourth-order valence-electron chi connectivity index (χ4n) is 2.74. The van der Waals surface area contributed by atoms with Gasteiger partial charge in [0.2, 0.25) is 0 Å². The quantitative estimate of drug-likeness (QED) is 0.415. The molecule has 2 aromatic heterocycles. The molecule has 0 aromatic carbocycles. The van der Waals surface area contributed by atoms with E-state index in [2.05, 4.69) is 45.9 Å². The maximum Gasteiger partial charge on any atom is 0.191 e. The lowest BCUT2D eigenvalue weighted by Gasteiger charge is -2.10. The van der Waals surface area contributed by atoms with Crippen molar-refractivity contribution in [1.82, 2.24) is 25.6 Å². The van der Waals surface area contributed by atoms with Gasteiger partial charge in [-0.15, -0.1) is 0 Å². The molecule has 0 amide bonds. The van der Waals surface area contributed by atoms with E-state index in [9.17, 15) is 0 Å². The Morgan fingerprint density at radius 3 is 2.76 bits per heavy atom. The van der Waals surface area contributed by atoms with E-state index in [1.54, 1.807) is 7.05 Å². The Morgan fingerprint density at radius 1 is 1.32 bits per heavy atom. The summed E-state index contributed by atoms with van der Waals surface area (Å²) in [5, 5.41) is 15.0. The summed E-state index contributed by atoms with van der Waals surface area (Å²) >= 11 is 0. The number of hydrogen-bond acceptors (Lipinski definition) is 4. The van der Waals surface area contributed by atoms with Crippen molar-refractivity contribution in [2.24, 2.45) is 4.99 Å². The van der Waals surface area contributed by atoms with Crippen LogP contribution in [0, 0.1) is 6.92 Å². The molecule has 138 valence electrons. The van der Waals surface area contributed by atoms with Crippen molar-refractivity contribution in [3.8, 4) is 0 Å². The number of aromatic nitrogens is 3. The Morgan fingerprint density at radius 2 is 2.12 bits per heavy atom. The second kappa shape index (κ2) is 9.86. The first kappa shape index (κ1) is 19.0. The summed E-state index contributed by atoms with van der Waals surface area (Å²) in [6.45, 7) is 8.69. The van der Waals surface area contributed by atoms with Crippen LogP contribution in [0.15, 0.2) is 28.0 Å². The topological polar surface area (TPSA) is 80.3 Å². The molecule has 0 unspecified atom stereocenters. The number of aliphatic imine (C=N–C) groups is 1. The van der Waals surface area contributed by atoms with Crippen LogP contribution in [-0.4, -0.2) is 34.5 Å². The fourth-order valence-corrected chi connectivity index (χ4v) is 2.74. The van der Waals surface area contributed by atoms with Gasteiger partial charge in [0.05, 0.1) is 18.4 Å². The first-order valence-electron chi connectivity index (χ1n) is 9.05. The summed E-state index contributed by atoms with van der Waals surface area (Å²) in [5.41, 5.74) is 2.23. The lowest BCUT2D eigenvalue weighted by molar-refractivity contribution is 0.368. The normalized spacial score (nSPS) is 12.0. The maximum absolute atomic E-state index is 5.42. The van der Waals surface area contributed by atoms with E-state index in [1.807, 2.05) is 23.9 Å². The predicted molar refractivity (Wildman–Crippen MR) is 99.6 cm³/mol. The highest BCUT2D eigenvalue weighted by Gasteiger charge is 2.13. The van der Waals surface area contributed by atoms with Crippen LogP contribution in [0.2, 0.25) is 0 Å². The lowest BCUT2D eigenvalue weighted by Crippen LogP contribution is -2.37. The van der Waals surface area contributed by atoms with Crippen LogP contribution in [0.4, 0.5) is 0 Å². The second-order valence-corrected chi connectivity index (χ2v) is 6.22. The number of aryl methyl sites for hydroxylation is 2. The highest BCUT2D eigenvalue weighted by molar-refractivity contribution is 5.79. The molecule has 0 saturated carbocycles. The van der Waals surface area contributed by atoms with Crippen molar-refractivity contribution < 1.29 is 4.52 Å². The number of guanidine groups is 1. The van der Waals surface area contributed by atoms with Crippen LogP contribution in [0.3, 0.4) is 0 Å². The highest BCUT2D eigenvalue weighted by atomic mass is 16.5. The van der Waals surface area contributed by atoms with E-state index in [0.29, 0.717) is 12.5 Å². The van der Waals surface area contributed by atoms with E-state index >= 15 is 0 Å².